The second-order valence-electron chi connectivity index (χ2n) is 10.2. The Morgan fingerprint density at radius 3 is 2.59 bits per heavy atom. The molecule has 0 aliphatic heterocycles. The molecule has 208 valence electrons. The number of hydrogen-bond acceptors (Lipinski definition) is 6. The molecule has 0 bridgehead atoms. The number of nitrogens with one attached hydrogen (secondary N) is 2. The first-order chi connectivity index (χ1) is 19.6. The van der Waals surface area contributed by atoms with Gasteiger partial charge in [-0.25, -0.2) is 19.1 Å². The number of benzene rings is 2. The van der Waals surface area contributed by atoms with Crippen LogP contribution in [0.15, 0.2) is 53.5 Å². The summed E-state index contributed by atoms with van der Waals surface area (Å²) in [6.07, 6.45) is 2.78. The molecule has 1 aliphatic carbocycles. The molecule has 0 saturated heterocycles. The first-order valence-electron chi connectivity index (χ1n) is 13.1. The maximum Gasteiger partial charge on any atom is 0.335 e. The van der Waals surface area contributed by atoms with Crippen LogP contribution in [0.4, 0.5) is 0 Å². The van der Waals surface area contributed by atoms with E-state index in [1.54, 1.807) is 48.4 Å². The zero-order valence-corrected chi connectivity index (χ0v) is 22.6. The zero-order chi connectivity index (χ0) is 29.0. The molecule has 0 saturated carbocycles. The second kappa shape index (κ2) is 9.73. The molecule has 0 fully saturated rings. The van der Waals surface area contributed by atoms with Gasteiger partial charge in [-0.2, -0.15) is 5.10 Å². The summed E-state index contributed by atoms with van der Waals surface area (Å²) in [5.41, 5.74) is 5.55. The highest BCUT2D eigenvalue weighted by Crippen LogP contribution is 2.35. The van der Waals surface area contributed by atoms with E-state index in [0.717, 1.165) is 27.7 Å². The van der Waals surface area contributed by atoms with E-state index in [1.165, 1.54) is 16.8 Å². The smallest absolute Gasteiger partial charge is 0.335 e. The number of aryl methyl sites for hydroxylation is 2. The average Bonchev–Trinajstić information content (AvgIpc) is 3.66. The molecule has 2 aromatic carbocycles. The van der Waals surface area contributed by atoms with Crippen molar-refractivity contribution in [1.82, 2.24) is 34.4 Å². The van der Waals surface area contributed by atoms with Gasteiger partial charge in [0.15, 0.2) is 5.65 Å². The third-order valence-electron chi connectivity index (χ3n) is 7.84. The number of fused-ring (bicyclic) bond motifs is 3. The Morgan fingerprint density at radius 1 is 1.02 bits per heavy atom. The number of hydrogen-bond donors (Lipinski definition) is 3. The summed E-state index contributed by atoms with van der Waals surface area (Å²) in [6.45, 7) is 1.98. The summed E-state index contributed by atoms with van der Waals surface area (Å²) in [7, 11) is 3.41. The van der Waals surface area contributed by atoms with Crippen LogP contribution in [0, 0.1) is 6.92 Å². The normalized spacial score (nSPS) is 14.4. The van der Waals surface area contributed by atoms with Gasteiger partial charge in [0.2, 0.25) is 0 Å². The number of rotatable bonds is 6. The molecular weight excluding hydrogens is 526 g/mol. The molecule has 3 aromatic heterocycles. The minimum absolute atomic E-state index is 0.0603. The van der Waals surface area contributed by atoms with Crippen molar-refractivity contribution in [3.8, 4) is 0 Å². The minimum atomic E-state index is -0.979. The van der Waals surface area contributed by atoms with E-state index < -0.39 is 17.8 Å². The van der Waals surface area contributed by atoms with Crippen molar-refractivity contribution < 1.29 is 19.5 Å². The SMILES string of the molecule is Cc1c(C(=O)O)ccc2c1CC[C@@H]2NC(=O)c1cc(C(=O)NCc2ccc3c(c2)n(C)c(=O)n3C)nc2ccnn12. The predicted molar refractivity (Wildman–Crippen MR) is 149 cm³/mol. The monoisotopic (exact) mass is 553 g/mol. The molecule has 12 heteroatoms. The Labute approximate surface area is 233 Å². The minimum Gasteiger partial charge on any atom is -0.478 e. The lowest BCUT2D eigenvalue weighted by atomic mass is 9.98. The molecule has 0 spiro atoms. The number of imidazole rings is 1. The fraction of sp³-hybridized carbons (Fsp3) is 0.241. The Hall–Kier alpha value is -5.26. The van der Waals surface area contributed by atoms with E-state index in [9.17, 15) is 24.3 Å². The van der Waals surface area contributed by atoms with Gasteiger partial charge in [0.25, 0.3) is 11.8 Å². The standard InChI is InChI=1S/C29H27N7O5/c1-15-17-7-8-20(19(17)6-5-18(15)28(39)40)33-27(38)24-13-21(32-25-10-11-31-36(24)25)26(37)30-14-16-4-9-22-23(12-16)35(3)29(41)34(22)2/h4-6,9-13,20H,7-8,14H2,1-3H3,(H,30,37)(H,33,38)(H,39,40)/t20-/m0/s1. The zero-order valence-electron chi connectivity index (χ0n) is 22.6. The van der Waals surface area contributed by atoms with Crippen molar-refractivity contribution in [1.29, 1.82) is 0 Å². The second-order valence-corrected chi connectivity index (χ2v) is 10.2. The van der Waals surface area contributed by atoms with Gasteiger partial charge in [-0.3, -0.25) is 18.7 Å². The number of carboxylic acids is 1. The molecule has 1 aliphatic rings. The fourth-order valence-corrected chi connectivity index (χ4v) is 5.62. The van der Waals surface area contributed by atoms with E-state index >= 15 is 0 Å². The highest BCUT2D eigenvalue weighted by atomic mass is 16.4. The van der Waals surface area contributed by atoms with Crippen LogP contribution in [0.3, 0.4) is 0 Å². The van der Waals surface area contributed by atoms with E-state index in [2.05, 4.69) is 20.7 Å². The Bertz CT molecular complexity index is 1970. The summed E-state index contributed by atoms with van der Waals surface area (Å²) in [5.74, 6) is -1.87. The Morgan fingerprint density at radius 2 is 1.80 bits per heavy atom. The number of carboxylic acid groups (broad SMARTS) is 1. The van der Waals surface area contributed by atoms with Gasteiger partial charge >= 0.3 is 11.7 Å². The molecule has 12 nitrogen and oxygen atoms in total. The van der Waals surface area contributed by atoms with Crippen LogP contribution in [0.1, 0.15) is 66.1 Å². The molecule has 2 amide bonds. The quantitative estimate of drug-likeness (QED) is 0.292. The van der Waals surface area contributed by atoms with Crippen molar-refractivity contribution in [2.45, 2.75) is 32.4 Å². The number of amides is 2. The van der Waals surface area contributed by atoms with Crippen molar-refractivity contribution in [3.05, 3.63) is 98.4 Å². The van der Waals surface area contributed by atoms with Crippen LogP contribution < -0.4 is 16.3 Å². The molecule has 0 unspecified atom stereocenters. The maximum absolute atomic E-state index is 13.5. The lowest BCUT2D eigenvalue weighted by Gasteiger charge is -2.16. The maximum atomic E-state index is 13.5. The first kappa shape index (κ1) is 26.0. The van der Waals surface area contributed by atoms with Crippen LogP contribution in [-0.2, 0) is 27.1 Å². The van der Waals surface area contributed by atoms with Gasteiger partial charge in [-0.05, 0) is 60.2 Å². The van der Waals surface area contributed by atoms with Gasteiger partial charge in [0.05, 0.1) is 28.8 Å². The summed E-state index contributed by atoms with van der Waals surface area (Å²) in [6, 6.07) is 11.6. The molecular formula is C29H27N7O5. The number of carbonyl (C=O) groups is 3. The summed E-state index contributed by atoms with van der Waals surface area (Å²) < 4.78 is 4.49. The van der Waals surface area contributed by atoms with Gasteiger partial charge in [-0.15, -0.1) is 0 Å². The van der Waals surface area contributed by atoms with E-state index in [0.29, 0.717) is 24.1 Å². The lowest BCUT2D eigenvalue weighted by Crippen LogP contribution is -2.30. The van der Waals surface area contributed by atoms with Crippen molar-refractivity contribution in [2.75, 3.05) is 0 Å². The molecule has 5 aromatic rings. The van der Waals surface area contributed by atoms with Gasteiger partial charge < -0.3 is 15.7 Å². The molecule has 3 N–H and O–H groups in total. The number of aromatic carboxylic acids is 1. The Kier molecular flexibility index (Phi) is 6.17. The largest absolute Gasteiger partial charge is 0.478 e. The topological polar surface area (TPSA) is 153 Å². The van der Waals surface area contributed by atoms with Crippen LogP contribution in [0.2, 0.25) is 0 Å². The third-order valence-corrected chi connectivity index (χ3v) is 7.84. The van der Waals surface area contributed by atoms with Crippen LogP contribution in [0.5, 0.6) is 0 Å². The molecule has 0 radical (unpaired) electrons. The van der Waals surface area contributed by atoms with Crippen molar-refractivity contribution in [2.24, 2.45) is 14.1 Å². The van der Waals surface area contributed by atoms with Gasteiger partial charge in [0, 0.05) is 32.8 Å². The lowest BCUT2D eigenvalue weighted by molar-refractivity contribution is 0.0695. The third kappa shape index (κ3) is 4.33. The molecule has 1 atom stereocenters. The number of carbonyl (C=O) groups excluding carboxylic acids is 2. The van der Waals surface area contributed by atoms with E-state index in [1.807, 2.05) is 18.2 Å². The highest BCUT2D eigenvalue weighted by Gasteiger charge is 2.29. The molecule has 6 rings (SSSR count). The predicted octanol–water partition coefficient (Wildman–Crippen LogP) is 2.27. The van der Waals surface area contributed by atoms with Gasteiger partial charge in [0.1, 0.15) is 11.4 Å². The summed E-state index contributed by atoms with van der Waals surface area (Å²) in [5, 5.41) is 19.5. The van der Waals surface area contributed by atoms with E-state index in [-0.39, 0.29) is 35.2 Å². The number of nitrogens with zero attached hydrogens (tertiary/aromatic N) is 5. The van der Waals surface area contributed by atoms with E-state index in [4.69, 9.17) is 0 Å². The number of aromatic nitrogens is 5. The van der Waals surface area contributed by atoms with Crippen molar-refractivity contribution >= 4 is 34.5 Å². The summed E-state index contributed by atoms with van der Waals surface area (Å²) >= 11 is 0. The van der Waals surface area contributed by atoms with Crippen molar-refractivity contribution in [3.63, 3.8) is 0 Å². The first-order valence-corrected chi connectivity index (χ1v) is 13.1. The van der Waals surface area contributed by atoms with Crippen LogP contribution >= 0.6 is 0 Å². The van der Waals surface area contributed by atoms with Crippen LogP contribution in [-0.4, -0.2) is 46.6 Å². The van der Waals surface area contributed by atoms with Gasteiger partial charge in [-0.1, -0.05) is 12.1 Å². The fourth-order valence-electron chi connectivity index (χ4n) is 5.62. The Balaban J connectivity index is 1.23. The molecule has 41 heavy (non-hydrogen) atoms. The highest BCUT2D eigenvalue weighted by molar-refractivity contribution is 5.98. The summed E-state index contributed by atoms with van der Waals surface area (Å²) in [4.78, 5) is 54.7. The van der Waals surface area contributed by atoms with Crippen LogP contribution in [0.25, 0.3) is 16.7 Å². The average molecular weight is 554 g/mol. The molecule has 3 heterocycles.